The largest absolute Gasteiger partial charge is 0.404 e. The molecule has 1 aliphatic heterocycles. The molecule has 0 aromatic rings. The zero-order valence-corrected chi connectivity index (χ0v) is 10.3. The van der Waals surface area contributed by atoms with Crippen molar-refractivity contribution < 1.29 is 0 Å². The second-order valence-corrected chi connectivity index (χ2v) is 3.90. The summed E-state index contributed by atoms with van der Waals surface area (Å²) in [6, 6.07) is 0. The Morgan fingerprint density at radius 1 is 1.56 bits per heavy atom. The second kappa shape index (κ2) is 6.04. The van der Waals surface area contributed by atoms with Gasteiger partial charge in [0.25, 0.3) is 0 Å². The van der Waals surface area contributed by atoms with Crippen molar-refractivity contribution in [1.82, 2.24) is 5.32 Å². The van der Waals surface area contributed by atoms with E-state index in [1.165, 1.54) is 16.7 Å². The monoisotopic (exact) mass is 216 g/mol. The lowest BCUT2D eigenvalue weighted by Crippen LogP contribution is -2.01. The molecule has 16 heavy (non-hydrogen) atoms. The third kappa shape index (κ3) is 3.18. The lowest BCUT2D eigenvalue weighted by atomic mass is 10.0. The third-order valence-electron chi connectivity index (χ3n) is 2.48. The molecule has 2 nitrogen and oxygen atoms in total. The SMILES string of the molecule is CCC=C=C(C)C1=CNC/C1=C\C(C)=C/N. The third-order valence-corrected chi connectivity index (χ3v) is 2.48. The quantitative estimate of drug-likeness (QED) is 0.712. The molecule has 0 atom stereocenters. The molecular formula is C14H20N2. The van der Waals surface area contributed by atoms with Crippen LogP contribution in [-0.2, 0) is 0 Å². The van der Waals surface area contributed by atoms with E-state index < -0.39 is 0 Å². The zero-order chi connectivity index (χ0) is 12.0. The first-order chi connectivity index (χ1) is 7.69. The van der Waals surface area contributed by atoms with Gasteiger partial charge < -0.3 is 11.1 Å². The Morgan fingerprint density at radius 2 is 2.31 bits per heavy atom. The fraction of sp³-hybridized carbons (Fsp3) is 0.357. The van der Waals surface area contributed by atoms with Crippen molar-refractivity contribution in [2.45, 2.75) is 27.2 Å². The van der Waals surface area contributed by atoms with Crippen LogP contribution in [0.5, 0.6) is 0 Å². The lowest BCUT2D eigenvalue weighted by molar-refractivity contribution is 1.00. The van der Waals surface area contributed by atoms with Gasteiger partial charge in [-0.1, -0.05) is 13.0 Å². The fourth-order valence-corrected chi connectivity index (χ4v) is 1.58. The van der Waals surface area contributed by atoms with Crippen LogP contribution >= 0.6 is 0 Å². The molecule has 0 saturated carbocycles. The predicted octanol–water partition coefficient (Wildman–Crippen LogP) is 2.77. The highest BCUT2D eigenvalue weighted by atomic mass is 14.9. The van der Waals surface area contributed by atoms with Gasteiger partial charge >= 0.3 is 0 Å². The Bertz CT molecular complexity index is 402. The first-order valence-corrected chi connectivity index (χ1v) is 5.64. The van der Waals surface area contributed by atoms with Crippen molar-refractivity contribution in [1.29, 1.82) is 0 Å². The summed E-state index contributed by atoms with van der Waals surface area (Å²) in [5, 5.41) is 3.24. The van der Waals surface area contributed by atoms with E-state index in [0.717, 1.165) is 18.5 Å². The van der Waals surface area contributed by atoms with E-state index in [1.807, 2.05) is 13.1 Å². The van der Waals surface area contributed by atoms with Gasteiger partial charge in [0.2, 0.25) is 0 Å². The van der Waals surface area contributed by atoms with Crippen molar-refractivity contribution in [2.75, 3.05) is 6.54 Å². The molecule has 3 N–H and O–H groups in total. The van der Waals surface area contributed by atoms with Gasteiger partial charge in [0.05, 0.1) is 0 Å². The summed E-state index contributed by atoms with van der Waals surface area (Å²) in [4.78, 5) is 0. The number of nitrogens with two attached hydrogens (primary N) is 1. The average molecular weight is 216 g/mol. The maximum Gasteiger partial charge on any atom is 0.0402 e. The molecule has 0 spiro atoms. The van der Waals surface area contributed by atoms with Crippen molar-refractivity contribution in [2.24, 2.45) is 5.73 Å². The minimum atomic E-state index is 0.867. The molecule has 86 valence electrons. The van der Waals surface area contributed by atoms with Crippen molar-refractivity contribution in [3.63, 3.8) is 0 Å². The molecule has 0 saturated heterocycles. The highest BCUT2D eigenvalue weighted by Gasteiger charge is 2.12. The molecule has 0 radical (unpaired) electrons. The smallest absolute Gasteiger partial charge is 0.0402 e. The van der Waals surface area contributed by atoms with Crippen LogP contribution in [0.4, 0.5) is 0 Å². The van der Waals surface area contributed by atoms with Crippen molar-refractivity contribution in [3.8, 4) is 0 Å². The Balaban J connectivity index is 2.97. The van der Waals surface area contributed by atoms with Crippen LogP contribution in [0.2, 0.25) is 0 Å². The predicted molar refractivity (Wildman–Crippen MR) is 69.7 cm³/mol. The summed E-state index contributed by atoms with van der Waals surface area (Å²) < 4.78 is 0. The van der Waals surface area contributed by atoms with E-state index in [9.17, 15) is 0 Å². The van der Waals surface area contributed by atoms with Gasteiger partial charge in [0.15, 0.2) is 0 Å². The van der Waals surface area contributed by atoms with Crippen LogP contribution in [0, 0.1) is 0 Å². The van der Waals surface area contributed by atoms with Crippen LogP contribution in [0.25, 0.3) is 0 Å². The summed E-state index contributed by atoms with van der Waals surface area (Å²) in [5.41, 5.74) is 13.5. The van der Waals surface area contributed by atoms with Gasteiger partial charge in [-0.2, -0.15) is 0 Å². The second-order valence-electron chi connectivity index (χ2n) is 3.90. The summed E-state index contributed by atoms with van der Waals surface area (Å²) in [6.45, 7) is 7.06. The molecule has 1 rings (SSSR count). The number of rotatable bonds is 3. The number of hydrogen-bond donors (Lipinski definition) is 2. The molecule has 0 aliphatic carbocycles. The zero-order valence-electron chi connectivity index (χ0n) is 10.3. The minimum Gasteiger partial charge on any atom is -0.404 e. The summed E-state index contributed by atoms with van der Waals surface area (Å²) in [7, 11) is 0. The molecular weight excluding hydrogens is 196 g/mol. The molecule has 1 aliphatic rings. The van der Waals surface area contributed by atoms with Crippen molar-refractivity contribution >= 4 is 0 Å². The van der Waals surface area contributed by atoms with Crippen LogP contribution in [0.1, 0.15) is 27.2 Å². The van der Waals surface area contributed by atoms with E-state index in [1.54, 1.807) is 6.20 Å². The van der Waals surface area contributed by atoms with Gasteiger partial charge in [-0.25, -0.2) is 0 Å². The molecule has 2 heteroatoms. The topological polar surface area (TPSA) is 38.0 Å². The summed E-state index contributed by atoms with van der Waals surface area (Å²) in [6.07, 6.45) is 8.85. The number of hydrogen-bond acceptors (Lipinski definition) is 2. The average Bonchev–Trinajstić information content (AvgIpc) is 2.73. The number of nitrogens with one attached hydrogen (secondary N) is 1. The molecule has 0 aromatic carbocycles. The van der Waals surface area contributed by atoms with E-state index in [4.69, 9.17) is 5.73 Å². The van der Waals surface area contributed by atoms with E-state index >= 15 is 0 Å². The lowest BCUT2D eigenvalue weighted by Gasteiger charge is -2.03. The van der Waals surface area contributed by atoms with Crippen LogP contribution in [-0.4, -0.2) is 6.54 Å². The van der Waals surface area contributed by atoms with E-state index in [0.29, 0.717) is 0 Å². The Hall–Kier alpha value is -1.66. The Kier molecular flexibility index (Phi) is 4.68. The minimum absolute atomic E-state index is 0.867. The van der Waals surface area contributed by atoms with Gasteiger partial charge in [-0.15, -0.1) is 5.73 Å². The maximum atomic E-state index is 5.48. The number of allylic oxidation sites excluding steroid dienone is 3. The highest BCUT2D eigenvalue weighted by Crippen LogP contribution is 2.22. The van der Waals surface area contributed by atoms with Gasteiger partial charge in [0, 0.05) is 18.3 Å². The fourth-order valence-electron chi connectivity index (χ4n) is 1.58. The van der Waals surface area contributed by atoms with Gasteiger partial charge in [-0.3, -0.25) is 0 Å². The van der Waals surface area contributed by atoms with Gasteiger partial charge in [-0.05, 0) is 49.3 Å². The highest BCUT2D eigenvalue weighted by molar-refractivity contribution is 5.51. The summed E-state index contributed by atoms with van der Waals surface area (Å²) in [5.74, 6) is 0. The molecule has 1 heterocycles. The first-order valence-electron chi connectivity index (χ1n) is 5.64. The molecule has 0 fully saturated rings. The van der Waals surface area contributed by atoms with Crippen molar-refractivity contribution in [3.05, 3.63) is 52.6 Å². The first kappa shape index (κ1) is 12.4. The maximum absolute atomic E-state index is 5.48. The van der Waals surface area contributed by atoms with Crippen LogP contribution in [0.3, 0.4) is 0 Å². The molecule has 0 amide bonds. The summed E-state index contributed by atoms with van der Waals surface area (Å²) >= 11 is 0. The molecule has 0 bridgehead atoms. The van der Waals surface area contributed by atoms with Crippen LogP contribution in [0.15, 0.2) is 52.6 Å². The molecule has 0 unspecified atom stereocenters. The standard InChI is InChI=1S/C14H20N2/c1-4-5-6-12(3)14-10-16-9-13(14)7-11(2)8-15/h5,7-8,10,16H,4,9,15H2,1-3H3/b11-8-,13-7+. The molecule has 0 aromatic heterocycles. The normalized spacial score (nSPS) is 17.8. The Labute approximate surface area is 97.9 Å². The van der Waals surface area contributed by atoms with Crippen LogP contribution < -0.4 is 11.1 Å². The van der Waals surface area contributed by atoms with Gasteiger partial charge in [0.1, 0.15) is 0 Å². The van der Waals surface area contributed by atoms with E-state index in [-0.39, 0.29) is 0 Å². The van der Waals surface area contributed by atoms with E-state index in [2.05, 4.69) is 37.0 Å². The Morgan fingerprint density at radius 3 is 2.94 bits per heavy atom.